The minimum absolute atomic E-state index is 0.485. The number of hydrogen-bond donors (Lipinski definition) is 2. The van der Waals surface area contributed by atoms with Gasteiger partial charge >= 0.3 is 0 Å². The molecule has 0 bridgehead atoms. The van der Waals surface area contributed by atoms with Gasteiger partial charge in [-0.15, -0.1) is 0 Å². The van der Waals surface area contributed by atoms with Gasteiger partial charge in [-0.2, -0.15) is 5.10 Å². The van der Waals surface area contributed by atoms with Gasteiger partial charge in [-0.3, -0.25) is 5.43 Å². The van der Waals surface area contributed by atoms with E-state index in [9.17, 15) is 0 Å². The van der Waals surface area contributed by atoms with E-state index in [0.29, 0.717) is 9.79 Å². The van der Waals surface area contributed by atoms with Gasteiger partial charge in [0.25, 0.3) is 0 Å². The molecule has 1 heterocycles. The Morgan fingerprint density at radius 2 is 1.95 bits per heavy atom. The largest absolute Gasteiger partial charge is 0.334 e. The summed E-state index contributed by atoms with van der Waals surface area (Å²) in [6.45, 7) is 4.00. The summed E-state index contributed by atoms with van der Waals surface area (Å²) in [4.78, 5) is 2.90. The molecule has 0 atom stereocenters. The molecule has 1 aromatic heterocycles. The van der Waals surface area contributed by atoms with Gasteiger partial charge in [-0.25, -0.2) is 0 Å². The van der Waals surface area contributed by atoms with Gasteiger partial charge in [0.1, 0.15) is 9.79 Å². The Hall–Kier alpha value is -0.390. The minimum Gasteiger partial charge on any atom is -0.334 e. The normalized spacial score (nSPS) is 14.4. The van der Waals surface area contributed by atoms with Gasteiger partial charge < -0.3 is 4.98 Å². The zero-order valence-corrected chi connectivity index (χ0v) is 14.4. The summed E-state index contributed by atoms with van der Waals surface area (Å²) in [6, 6.07) is 1.84. The monoisotopic (exact) mass is 363 g/mol. The molecular weight excluding hydrogens is 346 g/mol. The van der Waals surface area contributed by atoms with E-state index in [2.05, 4.69) is 31.4 Å². The van der Waals surface area contributed by atoms with Crippen LogP contribution in [0.15, 0.2) is 15.6 Å². The lowest BCUT2D eigenvalue weighted by atomic mass is 9.99. The van der Waals surface area contributed by atoms with Gasteiger partial charge in [0.15, 0.2) is 0 Å². The van der Waals surface area contributed by atoms with Crippen molar-refractivity contribution >= 4 is 51.1 Å². The fraction of sp³-hybridized carbons (Fsp3) is 0.538. The quantitative estimate of drug-likeness (QED) is 0.388. The van der Waals surface area contributed by atoms with E-state index in [1.165, 1.54) is 25.0 Å². The number of rotatable bonds is 2. The van der Waals surface area contributed by atoms with Crippen molar-refractivity contribution in [2.45, 2.75) is 46.0 Å². The van der Waals surface area contributed by atoms with E-state index in [0.717, 1.165) is 23.0 Å². The molecular formula is C13H19BrClN3S. The van der Waals surface area contributed by atoms with Crippen LogP contribution in [0, 0.1) is 4.64 Å². The maximum atomic E-state index is 6.04. The van der Waals surface area contributed by atoms with Crippen molar-refractivity contribution < 1.29 is 0 Å². The molecule has 1 aliphatic rings. The molecule has 1 saturated carbocycles. The Morgan fingerprint density at radius 1 is 1.32 bits per heavy atom. The minimum atomic E-state index is 0.485. The van der Waals surface area contributed by atoms with Crippen LogP contribution in [0.5, 0.6) is 0 Å². The number of aromatic amines is 1. The van der Waals surface area contributed by atoms with E-state index < -0.39 is 0 Å². The van der Waals surface area contributed by atoms with Crippen molar-refractivity contribution in [3.63, 3.8) is 0 Å². The fourth-order valence-corrected chi connectivity index (χ4v) is 2.51. The van der Waals surface area contributed by atoms with Crippen LogP contribution >= 0.6 is 39.7 Å². The molecule has 2 N–H and O–H groups in total. The van der Waals surface area contributed by atoms with Crippen LogP contribution in [0.2, 0.25) is 5.15 Å². The molecule has 6 heteroatoms. The van der Waals surface area contributed by atoms with Crippen molar-refractivity contribution in [3.05, 3.63) is 20.3 Å². The number of nitrogens with zero attached hydrogens (tertiary/aromatic N) is 1. The molecule has 1 fully saturated rings. The first kappa shape index (κ1) is 16.7. The molecule has 0 amide bonds. The summed E-state index contributed by atoms with van der Waals surface area (Å²) >= 11 is 14.5. The molecule has 1 aliphatic carbocycles. The van der Waals surface area contributed by atoms with Crippen molar-refractivity contribution in [2.24, 2.45) is 5.10 Å². The number of anilines is 1. The summed E-state index contributed by atoms with van der Waals surface area (Å²) in [7, 11) is 0. The highest BCUT2D eigenvalue weighted by Gasteiger charge is 2.07. The second-order valence-corrected chi connectivity index (χ2v) is 5.67. The summed E-state index contributed by atoms with van der Waals surface area (Å²) in [6.07, 6.45) is 5.93. The van der Waals surface area contributed by atoms with Crippen molar-refractivity contribution in [3.8, 4) is 0 Å². The smallest absolute Gasteiger partial charge is 0.132 e. The van der Waals surface area contributed by atoms with Crippen LogP contribution < -0.4 is 5.43 Å². The molecule has 0 radical (unpaired) electrons. The average Bonchev–Trinajstić information content (AvgIpc) is 2.45. The molecule has 3 nitrogen and oxygen atoms in total. The van der Waals surface area contributed by atoms with Gasteiger partial charge in [0, 0.05) is 5.71 Å². The number of H-pyrrole nitrogens is 1. The lowest BCUT2D eigenvalue weighted by Crippen LogP contribution is -2.07. The molecule has 2 rings (SSSR count). The fourth-order valence-electron chi connectivity index (χ4n) is 1.77. The molecule has 0 spiro atoms. The summed E-state index contributed by atoms with van der Waals surface area (Å²) in [5.41, 5.74) is 4.95. The number of hydrazone groups is 1. The predicted molar refractivity (Wildman–Crippen MR) is 89.8 cm³/mol. The van der Waals surface area contributed by atoms with Crippen LogP contribution in [-0.4, -0.2) is 10.7 Å². The van der Waals surface area contributed by atoms with E-state index in [1.807, 2.05) is 19.9 Å². The molecule has 0 unspecified atom stereocenters. The van der Waals surface area contributed by atoms with Crippen LogP contribution in [0.1, 0.15) is 46.0 Å². The number of nitrogens with one attached hydrogen (secondary N) is 2. The Balaban J connectivity index is 0.000000861. The van der Waals surface area contributed by atoms with Crippen LogP contribution in [0.25, 0.3) is 0 Å². The summed E-state index contributed by atoms with van der Waals surface area (Å²) < 4.78 is 1.40. The number of halogens is 2. The first-order valence-corrected chi connectivity index (χ1v) is 8.14. The third-order valence-electron chi connectivity index (χ3n) is 2.71. The van der Waals surface area contributed by atoms with Gasteiger partial charge in [0.2, 0.25) is 0 Å². The lowest BCUT2D eigenvalue weighted by Gasteiger charge is -2.13. The van der Waals surface area contributed by atoms with E-state index >= 15 is 0 Å². The predicted octanol–water partition coefficient (Wildman–Crippen LogP) is 5.92. The SMILES string of the molecule is CC.S=c1[nH]c(Cl)c(NN=C2CCCCC2)cc1Br. The maximum Gasteiger partial charge on any atom is 0.132 e. The van der Waals surface area contributed by atoms with E-state index in [-0.39, 0.29) is 0 Å². The highest BCUT2D eigenvalue weighted by Crippen LogP contribution is 2.24. The maximum absolute atomic E-state index is 6.04. The number of hydrogen-bond acceptors (Lipinski definition) is 3. The highest BCUT2D eigenvalue weighted by atomic mass is 79.9. The molecule has 0 aromatic carbocycles. The van der Waals surface area contributed by atoms with Crippen molar-refractivity contribution in [1.82, 2.24) is 4.98 Å². The van der Waals surface area contributed by atoms with Crippen molar-refractivity contribution in [1.29, 1.82) is 0 Å². The van der Waals surface area contributed by atoms with Crippen LogP contribution in [0.4, 0.5) is 5.69 Å². The summed E-state index contributed by atoms with van der Waals surface area (Å²) in [5.74, 6) is 0. The Bertz CT molecular complexity index is 491. The zero-order valence-electron chi connectivity index (χ0n) is 11.2. The third-order valence-corrected chi connectivity index (χ3v) is 4.22. The molecule has 1 aromatic rings. The topological polar surface area (TPSA) is 40.2 Å². The second kappa shape index (κ2) is 8.72. The van der Waals surface area contributed by atoms with Crippen LogP contribution in [-0.2, 0) is 0 Å². The lowest BCUT2D eigenvalue weighted by molar-refractivity contribution is 0.665. The molecule has 106 valence electrons. The first-order chi connectivity index (χ1) is 9.16. The van der Waals surface area contributed by atoms with E-state index in [4.69, 9.17) is 23.8 Å². The highest BCUT2D eigenvalue weighted by molar-refractivity contribution is 9.10. The Kier molecular flexibility index (Phi) is 7.64. The first-order valence-electron chi connectivity index (χ1n) is 6.56. The van der Waals surface area contributed by atoms with Crippen LogP contribution in [0.3, 0.4) is 0 Å². The molecule has 19 heavy (non-hydrogen) atoms. The third kappa shape index (κ3) is 5.24. The average molecular weight is 365 g/mol. The zero-order chi connectivity index (χ0) is 14.3. The Labute approximate surface area is 133 Å². The second-order valence-electron chi connectivity index (χ2n) is 4.02. The van der Waals surface area contributed by atoms with E-state index in [1.54, 1.807) is 0 Å². The molecule has 0 saturated heterocycles. The Morgan fingerprint density at radius 3 is 2.58 bits per heavy atom. The number of aromatic nitrogens is 1. The van der Waals surface area contributed by atoms with Gasteiger partial charge in [-0.1, -0.05) is 44.1 Å². The number of pyridine rings is 1. The van der Waals surface area contributed by atoms with Gasteiger partial charge in [-0.05, 0) is 47.7 Å². The van der Waals surface area contributed by atoms with Crippen molar-refractivity contribution in [2.75, 3.05) is 5.43 Å². The summed E-state index contributed by atoms with van der Waals surface area (Å²) in [5, 5.41) is 4.88. The van der Waals surface area contributed by atoms with Gasteiger partial charge in [0.05, 0.1) is 10.2 Å². The molecule has 0 aliphatic heterocycles. The standard InChI is InChI=1S/C11H13BrClN3S.C2H6/c12-8-6-9(10(13)14-11(8)17)16-15-7-4-2-1-3-5-7;1-2/h6,16H,1-5H2,(H,14,17);1-2H3.